The Balaban J connectivity index is 1.74. The number of aryl methyl sites for hydroxylation is 1. The molecule has 2 heterocycles. The summed E-state index contributed by atoms with van der Waals surface area (Å²) in [4.78, 5) is 15.3. The van der Waals surface area contributed by atoms with E-state index in [1.165, 1.54) is 0 Å². The van der Waals surface area contributed by atoms with Gasteiger partial charge in [0.25, 0.3) is 0 Å². The van der Waals surface area contributed by atoms with Crippen molar-refractivity contribution < 1.29 is 4.79 Å². The van der Waals surface area contributed by atoms with Crippen molar-refractivity contribution in [2.45, 2.75) is 33.4 Å². The number of rotatable bonds is 2. The van der Waals surface area contributed by atoms with Gasteiger partial charge in [0.15, 0.2) is 0 Å². The quantitative estimate of drug-likeness (QED) is 0.554. The Bertz CT molecular complexity index is 1020. The zero-order valence-corrected chi connectivity index (χ0v) is 17.1. The van der Waals surface area contributed by atoms with Crippen molar-refractivity contribution in [3.63, 3.8) is 0 Å². The van der Waals surface area contributed by atoms with E-state index in [0.717, 1.165) is 22.5 Å². The van der Waals surface area contributed by atoms with Crippen molar-refractivity contribution in [1.29, 1.82) is 0 Å². The summed E-state index contributed by atoms with van der Waals surface area (Å²) in [6, 6.07) is 17.9. The summed E-state index contributed by atoms with van der Waals surface area (Å²) in [5.74, 6) is 0.260. The number of carbonyl (C=O) groups excluding carboxylic acids is 1. The Morgan fingerprint density at radius 1 is 1.14 bits per heavy atom. The number of carbonyl (C=O) groups is 1. The van der Waals surface area contributed by atoms with Gasteiger partial charge in [-0.1, -0.05) is 49.7 Å². The van der Waals surface area contributed by atoms with Gasteiger partial charge in [-0.3, -0.25) is 0 Å². The van der Waals surface area contributed by atoms with Gasteiger partial charge < -0.3 is 14.8 Å². The van der Waals surface area contributed by atoms with Gasteiger partial charge in [0.05, 0.1) is 18.3 Å². The number of nitrogens with one attached hydrogen (secondary N) is 1. The van der Waals surface area contributed by atoms with Crippen LogP contribution in [0.15, 0.2) is 60.8 Å². The van der Waals surface area contributed by atoms with Crippen LogP contribution in [-0.4, -0.2) is 15.5 Å². The molecule has 0 aliphatic carbocycles. The molecule has 0 unspecified atom stereocenters. The Morgan fingerprint density at radius 3 is 2.68 bits per heavy atom. The third kappa shape index (κ3) is 3.29. The standard InChI is InChI=1S/C23H24ClN3O/c1-15(2)22-21-9-6-12-26(21)20-8-5-4-7-17(20)14-27(22)23(28)25-18-11-10-16(3)19(24)13-18/h4-13,15,22H,14H2,1-3H3,(H,25,28)/t22-/m1/s1. The summed E-state index contributed by atoms with van der Waals surface area (Å²) in [7, 11) is 0. The molecular weight excluding hydrogens is 370 g/mol. The smallest absolute Gasteiger partial charge is 0.318 e. The minimum absolute atomic E-state index is 0.0386. The van der Waals surface area contributed by atoms with E-state index in [4.69, 9.17) is 11.6 Å². The van der Waals surface area contributed by atoms with Crippen molar-refractivity contribution in [1.82, 2.24) is 9.47 Å². The number of benzene rings is 2. The average Bonchev–Trinajstić information content (AvgIpc) is 3.08. The van der Waals surface area contributed by atoms with E-state index < -0.39 is 0 Å². The number of fused-ring (bicyclic) bond motifs is 3. The maximum absolute atomic E-state index is 13.3. The predicted octanol–water partition coefficient (Wildman–Crippen LogP) is 6.18. The van der Waals surface area contributed by atoms with Gasteiger partial charge in [-0.2, -0.15) is 0 Å². The number of aromatic nitrogens is 1. The molecule has 144 valence electrons. The normalized spacial score (nSPS) is 15.8. The molecular formula is C23H24ClN3O. The zero-order chi connectivity index (χ0) is 19.8. The number of anilines is 1. The largest absolute Gasteiger partial charge is 0.322 e. The lowest BCUT2D eigenvalue weighted by Crippen LogP contribution is -2.39. The molecule has 1 aliphatic rings. The highest BCUT2D eigenvalue weighted by atomic mass is 35.5. The van der Waals surface area contributed by atoms with Gasteiger partial charge in [-0.25, -0.2) is 4.79 Å². The van der Waals surface area contributed by atoms with Crippen LogP contribution >= 0.6 is 11.6 Å². The van der Waals surface area contributed by atoms with Crippen molar-refractivity contribution in [3.8, 4) is 5.69 Å². The van der Waals surface area contributed by atoms with Crippen LogP contribution in [0.2, 0.25) is 5.02 Å². The van der Waals surface area contributed by atoms with E-state index in [-0.39, 0.29) is 18.0 Å². The van der Waals surface area contributed by atoms with Crippen molar-refractivity contribution in [3.05, 3.63) is 82.6 Å². The molecule has 0 bridgehead atoms. The third-order valence-corrected chi connectivity index (χ3v) is 5.73. The lowest BCUT2D eigenvalue weighted by molar-refractivity contribution is 0.162. The maximum Gasteiger partial charge on any atom is 0.322 e. The van der Waals surface area contributed by atoms with Crippen LogP contribution in [0.25, 0.3) is 5.69 Å². The fraction of sp³-hybridized carbons (Fsp3) is 0.261. The first kappa shape index (κ1) is 18.6. The monoisotopic (exact) mass is 393 g/mol. The molecule has 3 aromatic rings. The van der Waals surface area contributed by atoms with E-state index in [1.54, 1.807) is 6.07 Å². The number of hydrogen-bond donors (Lipinski definition) is 1. The molecule has 2 aromatic carbocycles. The zero-order valence-electron chi connectivity index (χ0n) is 16.3. The number of nitrogens with zero attached hydrogens (tertiary/aromatic N) is 2. The number of urea groups is 1. The van der Waals surface area contributed by atoms with Gasteiger partial charge >= 0.3 is 6.03 Å². The molecule has 1 aliphatic heterocycles. The highest BCUT2D eigenvalue weighted by Crippen LogP contribution is 2.37. The number of amides is 2. The van der Waals surface area contributed by atoms with Crippen LogP contribution < -0.4 is 5.32 Å². The topological polar surface area (TPSA) is 37.3 Å². The molecule has 4 rings (SSSR count). The van der Waals surface area contributed by atoms with E-state index in [0.29, 0.717) is 17.3 Å². The van der Waals surface area contributed by atoms with Gasteiger partial charge in [-0.15, -0.1) is 0 Å². The summed E-state index contributed by atoms with van der Waals surface area (Å²) in [6.45, 7) is 6.80. The summed E-state index contributed by atoms with van der Waals surface area (Å²) < 4.78 is 2.20. The molecule has 1 N–H and O–H groups in total. The minimum Gasteiger partial charge on any atom is -0.318 e. The third-order valence-electron chi connectivity index (χ3n) is 5.33. The second kappa shape index (κ2) is 7.36. The molecule has 5 heteroatoms. The van der Waals surface area contributed by atoms with E-state index in [9.17, 15) is 4.79 Å². The Labute approximate surface area is 170 Å². The van der Waals surface area contributed by atoms with Crippen LogP contribution in [0, 0.1) is 12.8 Å². The van der Waals surface area contributed by atoms with Gasteiger partial charge in [0.1, 0.15) is 0 Å². The molecule has 0 saturated carbocycles. The predicted molar refractivity (Wildman–Crippen MR) is 114 cm³/mol. The van der Waals surface area contributed by atoms with Crippen LogP contribution in [0.5, 0.6) is 0 Å². The first-order valence-electron chi connectivity index (χ1n) is 9.55. The fourth-order valence-electron chi connectivity index (χ4n) is 3.94. The second-order valence-corrected chi connectivity index (χ2v) is 8.05. The molecule has 0 radical (unpaired) electrons. The highest BCUT2D eigenvalue weighted by Gasteiger charge is 2.33. The van der Waals surface area contributed by atoms with Gasteiger partial charge in [0, 0.05) is 22.6 Å². The van der Waals surface area contributed by atoms with Crippen LogP contribution in [0.1, 0.15) is 36.7 Å². The van der Waals surface area contributed by atoms with Crippen LogP contribution in [0.3, 0.4) is 0 Å². The Kier molecular flexibility index (Phi) is 4.90. The van der Waals surface area contributed by atoms with Crippen molar-refractivity contribution in [2.75, 3.05) is 5.32 Å². The van der Waals surface area contributed by atoms with E-state index >= 15 is 0 Å². The lowest BCUT2D eigenvalue weighted by atomic mass is 9.99. The summed E-state index contributed by atoms with van der Waals surface area (Å²) in [5.41, 5.74) is 5.07. The first-order chi connectivity index (χ1) is 13.5. The fourth-order valence-corrected chi connectivity index (χ4v) is 4.12. The molecule has 0 saturated heterocycles. The molecule has 1 atom stereocenters. The average molecular weight is 394 g/mol. The molecule has 2 amide bonds. The number of para-hydroxylation sites is 1. The summed E-state index contributed by atoms with van der Waals surface area (Å²) in [5, 5.41) is 3.69. The van der Waals surface area contributed by atoms with Crippen LogP contribution in [0.4, 0.5) is 10.5 Å². The van der Waals surface area contributed by atoms with Crippen molar-refractivity contribution in [2.24, 2.45) is 5.92 Å². The molecule has 28 heavy (non-hydrogen) atoms. The Hall–Kier alpha value is -2.72. The lowest BCUT2D eigenvalue weighted by Gasteiger charge is -2.33. The van der Waals surface area contributed by atoms with Gasteiger partial charge in [0.2, 0.25) is 0 Å². The molecule has 0 fully saturated rings. The number of hydrogen-bond acceptors (Lipinski definition) is 1. The molecule has 0 spiro atoms. The Morgan fingerprint density at radius 2 is 1.93 bits per heavy atom. The molecule has 1 aromatic heterocycles. The summed E-state index contributed by atoms with van der Waals surface area (Å²) in [6.07, 6.45) is 2.07. The SMILES string of the molecule is Cc1ccc(NC(=O)N2Cc3ccccc3-n3cccc3[C@H]2C(C)C)cc1Cl. The second-order valence-electron chi connectivity index (χ2n) is 7.64. The minimum atomic E-state index is -0.122. The van der Waals surface area contributed by atoms with Crippen LogP contribution in [-0.2, 0) is 6.54 Å². The van der Waals surface area contributed by atoms with Gasteiger partial charge in [-0.05, 0) is 54.3 Å². The highest BCUT2D eigenvalue weighted by molar-refractivity contribution is 6.31. The number of halogens is 1. The maximum atomic E-state index is 13.3. The summed E-state index contributed by atoms with van der Waals surface area (Å²) >= 11 is 6.24. The van der Waals surface area contributed by atoms with E-state index in [2.05, 4.69) is 48.1 Å². The van der Waals surface area contributed by atoms with Crippen molar-refractivity contribution >= 4 is 23.3 Å². The molecule has 4 nitrogen and oxygen atoms in total. The first-order valence-corrected chi connectivity index (χ1v) is 9.93. The van der Waals surface area contributed by atoms with E-state index in [1.807, 2.05) is 42.2 Å².